The molecule has 5 heteroatoms. The molecule has 1 aromatic heterocycles. The number of nitrogens with zero attached hydrogens (tertiary/aromatic N) is 1. The van der Waals surface area contributed by atoms with Gasteiger partial charge in [0.15, 0.2) is 0 Å². The van der Waals surface area contributed by atoms with Crippen LogP contribution in [0.2, 0.25) is 5.02 Å². The molecule has 0 fully saturated rings. The first-order chi connectivity index (χ1) is 8.06. The third-order valence-electron chi connectivity index (χ3n) is 2.46. The molecule has 2 aromatic rings. The third-order valence-corrected chi connectivity index (χ3v) is 3.13. The molecule has 0 saturated carbocycles. The van der Waals surface area contributed by atoms with Crippen LogP contribution in [0, 0.1) is 11.6 Å². The summed E-state index contributed by atoms with van der Waals surface area (Å²) >= 11 is 10.8. The Balaban J connectivity index is 2.36. The fourth-order valence-electron chi connectivity index (χ4n) is 1.52. The van der Waals surface area contributed by atoms with Gasteiger partial charge in [-0.05, 0) is 24.6 Å². The number of aromatic nitrogens is 2. The molecular formula is C12H11ClN2OS. The molecule has 0 saturated heterocycles. The average molecular weight is 267 g/mol. The molecule has 0 aliphatic carbocycles. The van der Waals surface area contributed by atoms with Gasteiger partial charge in [0, 0.05) is 16.8 Å². The summed E-state index contributed by atoms with van der Waals surface area (Å²) in [6.45, 7) is 2.37. The number of aryl methyl sites for hydroxylation is 1. The van der Waals surface area contributed by atoms with Gasteiger partial charge in [-0.25, -0.2) is 4.79 Å². The topological polar surface area (TPSA) is 37.8 Å². The maximum absolute atomic E-state index is 11.7. The van der Waals surface area contributed by atoms with Crippen LogP contribution in [-0.2, 0) is 6.54 Å². The van der Waals surface area contributed by atoms with Crippen LogP contribution in [0.3, 0.4) is 0 Å². The van der Waals surface area contributed by atoms with Gasteiger partial charge in [0.05, 0.1) is 6.54 Å². The van der Waals surface area contributed by atoms with Gasteiger partial charge in [0.2, 0.25) is 0 Å². The van der Waals surface area contributed by atoms with E-state index in [0.717, 1.165) is 11.1 Å². The molecule has 0 amide bonds. The van der Waals surface area contributed by atoms with Crippen LogP contribution >= 0.6 is 23.8 Å². The predicted octanol–water partition coefficient (Wildman–Crippen LogP) is 2.92. The molecule has 1 heterocycles. The highest BCUT2D eigenvalue weighted by molar-refractivity contribution is 7.71. The van der Waals surface area contributed by atoms with Gasteiger partial charge in [0.1, 0.15) is 4.64 Å². The van der Waals surface area contributed by atoms with Crippen molar-refractivity contribution < 1.29 is 0 Å². The third kappa shape index (κ3) is 2.84. The molecule has 0 spiro atoms. The summed E-state index contributed by atoms with van der Waals surface area (Å²) in [7, 11) is 0. The Kier molecular flexibility index (Phi) is 3.45. The van der Waals surface area contributed by atoms with Gasteiger partial charge in [0.25, 0.3) is 0 Å². The van der Waals surface area contributed by atoms with Crippen molar-refractivity contribution in [2.24, 2.45) is 0 Å². The summed E-state index contributed by atoms with van der Waals surface area (Å²) in [5.41, 5.74) is 1.70. The second-order valence-electron chi connectivity index (χ2n) is 3.83. The van der Waals surface area contributed by atoms with E-state index in [4.69, 9.17) is 23.8 Å². The van der Waals surface area contributed by atoms with Crippen molar-refractivity contribution in [2.45, 2.75) is 13.5 Å². The number of aromatic amines is 1. The molecular weight excluding hydrogens is 256 g/mol. The molecule has 0 atom stereocenters. The van der Waals surface area contributed by atoms with Crippen molar-refractivity contribution in [3.05, 3.63) is 61.7 Å². The summed E-state index contributed by atoms with van der Waals surface area (Å²) in [5.74, 6) is 0. The average Bonchev–Trinajstić information content (AvgIpc) is 2.29. The standard InChI is InChI=1S/C12H11ClN2OS/c1-8-6-15(12(16)14-11(8)17)7-9-2-4-10(13)5-3-9/h2-6H,7H2,1H3,(H,14,16,17). The second-order valence-corrected chi connectivity index (χ2v) is 4.67. The van der Waals surface area contributed by atoms with Crippen molar-refractivity contribution >= 4 is 23.8 Å². The fourth-order valence-corrected chi connectivity index (χ4v) is 1.79. The second kappa shape index (κ2) is 4.85. The summed E-state index contributed by atoms with van der Waals surface area (Å²) in [5, 5.41) is 0.685. The fraction of sp³-hybridized carbons (Fsp3) is 0.167. The lowest BCUT2D eigenvalue weighted by atomic mass is 10.2. The van der Waals surface area contributed by atoms with Crippen molar-refractivity contribution in [1.82, 2.24) is 9.55 Å². The van der Waals surface area contributed by atoms with Gasteiger partial charge in [-0.2, -0.15) is 0 Å². The van der Waals surface area contributed by atoms with Crippen LogP contribution in [0.1, 0.15) is 11.1 Å². The van der Waals surface area contributed by atoms with E-state index in [-0.39, 0.29) is 5.69 Å². The molecule has 0 unspecified atom stereocenters. The normalized spacial score (nSPS) is 10.5. The van der Waals surface area contributed by atoms with E-state index in [0.29, 0.717) is 16.2 Å². The molecule has 0 radical (unpaired) electrons. The Morgan fingerprint density at radius 2 is 2.00 bits per heavy atom. The molecule has 0 aliphatic heterocycles. The zero-order valence-electron chi connectivity index (χ0n) is 9.24. The smallest absolute Gasteiger partial charge is 0.298 e. The number of H-pyrrole nitrogens is 1. The minimum atomic E-state index is -0.199. The van der Waals surface area contributed by atoms with Crippen LogP contribution in [0.15, 0.2) is 35.3 Å². The molecule has 0 bridgehead atoms. The Bertz CT molecular complexity index is 643. The first kappa shape index (κ1) is 12.1. The summed E-state index contributed by atoms with van der Waals surface area (Å²) in [4.78, 5) is 14.3. The van der Waals surface area contributed by atoms with Gasteiger partial charge in [-0.1, -0.05) is 36.0 Å². The minimum absolute atomic E-state index is 0.199. The Labute approximate surface area is 109 Å². The van der Waals surface area contributed by atoms with Gasteiger partial charge in [-0.3, -0.25) is 9.55 Å². The Morgan fingerprint density at radius 1 is 1.35 bits per heavy atom. The van der Waals surface area contributed by atoms with E-state index in [1.54, 1.807) is 22.9 Å². The van der Waals surface area contributed by atoms with Gasteiger partial charge in [-0.15, -0.1) is 0 Å². The predicted molar refractivity (Wildman–Crippen MR) is 71.2 cm³/mol. The number of hydrogen-bond acceptors (Lipinski definition) is 2. The lowest BCUT2D eigenvalue weighted by Gasteiger charge is -2.06. The first-order valence-corrected chi connectivity index (χ1v) is 5.90. The number of hydrogen-bond donors (Lipinski definition) is 1. The largest absolute Gasteiger partial charge is 0.326 e. The van der Waals surface area contributed by atoms with Crippen molar-refractivity contribution in [1.29, 1.82) is 0 Å². The van der Waals surface area contributed by atoms with E-state index in [9.17, 15) is 4.79 Å². The summed E-state index contributed by atoms with van der Waals surface area (Å²) in [6, 6.07) is 7.40. The molecule has 88 valence electrons. The number of nitrogens with one attached hydrogen (secondary N) is 1. The maximum Gasteiger partial charge on any atom is 0.326 e. The Morgan fingerprint density at radius 3 is 2.65 bits per heavy atom. The van der Waals surface area contributed by atoms with E-state index in [2.05, 4.69) is 4.98 Å². The monoisotopic (exact) mass is 266 g/mol. The quantitative estimate of drug-likeness (QED) is 0.849. The van der Waals surface area contributed by atoms with E-state index >= 15 is 0 Å². The van der Waals surface area contributed by atoms with Crippen LogP contribution in [0.4, 0.5) is 0 Å². The summed E-state index contributed by atoms with van der Waals surface area (Å²) in [6.07, 6.45) is 1.76. The van der Waals surface area contributed by atoms with Crippen LogP contribution in [-0.4, -0.2) is 9.55 Å². The highest BCUT2D eigenvalue weighted by atomic mass is 35.5. The van der Waals surface area contributed by atoms with Crippen molar-refractivity contribution in [2.75, 3.05) is 0 Å². The van der Waals surface area contributed by atoms with Crippen LogP contribution in [0.5, 0.6) is 0 Å². The Hall–Kier alpha value is -1.39. The van der Waals surface area contributed by atoms with E-state index < -0.39 is 0 Å². The van der Waals surface area contributed by atoms with Crippen LogP contribution in [0.25, 0.3) is 0 Å². The molecule has 3 nitrogen and oxygen atoms in total. The molecule has 1 N–H and O–H groups in total. The number of rotatable bonds is 2. The molecule has 0 aliphatic rings. The lowest BCUT2D eigenvalue weighted by Crippen LogP contribution is -2.23. The first-order valence-electron chi connectivity index (χ1n) is 5.11. The van der Waals surface area contributed by atoms with Crippen LogP contribution < -0.4 is 5.69 Å². The lowest BCUT2D eigenvalue weighted by molar-refractivity contribution is 0.718. The highest BCUT2D eigenvalue weighted by Crippen LogP contribution is 2.10. The zero-order chi connectivity index (χ0) is 12.4. The SMILES string of the molecule is Cc1cn(Cc2ccc(Cl)cc2)c(=O)[nH]c1=S. The molecule has 1 aromatic carbocycles. The summed E-state index contributed by atoms with van der Waals surface area (Å²) < 4.78 is 2.08. The molecule has 2 rings (SSSR count). The van der Waals surface area contributed by atoms with Gasteiger partial charge >= 0.3 is 5.69 Å². The highest BCUT2D eigenvalue weighted by Gasteiger charge is 2.00. The van der Waals surface area contributed by atoms with Crippen molar-refractivity contribution in [3.8, 4) is 0 Å². The maximum atomic E-state index is 11.7. The zero-order valence-corrected chi connectivity index (χ0v) is 10.8. The molecule has 17 heavy (non-hydrogen) atoms. The van der Waals surface area contributed by atoms with E-state index in [1.807, 2.05) is 19.1 Å². The van der Waals surface area contributed by atoms with Crippen molar-refractivity contribution in [3.63, 3.8) is 0 Å². The van der Waals surface area contributed by atoms with Gasteiger partial charge < -0.3 is 0 Å². The minimum Gasteiger partial charge on any atom is -0.298 e. The number of benzene rings is 1. The van der Waals surface area contributed by atoms with E-state index in [1.165, 1.54) is 0 Å². The number of halogens is 1.